The van der Waals surface area contributed by atoms with Crippen LogP contribution in [-0.4, -0.2) is 19.0 Å². The van der Waals surface area contributed by atoms with E-state index < -0.39 is 0 Å². The van der Waals surface area contributed by atoms with Crippen molar-refractivity contribution in [3.63, 3.8) is 0 Å². The Morgan fingerprint density at radius 2 is 1.94 bits per heavy atom. The van der Waals surface area contributed by atoms with Crippen molar-refractivity contribution < 1.29 is 0 Å². The molecule has 2 heteroatoms. The smallest absolute Gasteiger partial charge is 0.0454 e. The molecule has 0 unspecified atom stereocenters. The van der Waals surface area contributed by atoms with Crippen LogP contribution in [-0.2, 0) is 12.1 Å². The van der Waals surface area contributed by atoms with Crippen molar-refractivity contribution in [1.82, 2.24) is 4.90 Å². The van der Waals surface area contributed by atoms with Crippen LogP contribution in [0.5, 0.6) is 0 Å². The average Bonchev–Trinajstić information content (AvgIpc) is 2.79. The summed E-state index contributed by atoms with van der Waals surface area (Å²) in [5.41, 5.74) is 8.66. The molecule has 16 heavy (non-hydrogen) atoms. The first kappa shape index (κ1) is 11.6. The summed E-state index contributed by atoms with van der Waals surface area (Å²) < 4.78 is 0. The Morgan fingerprint density at radius 3 is 2.50 bits per heavy atom. The monoisotopic (exact) mass is 218 g/mol. The minimum Gasteiger partial charge on any atom is -0.326 e. The van der Waals surface area contributed by atoms with Crippen LogP contribution in [0.15, 0.2) is 24.3 Å². The summed E-state index contributed by atoms with van der Waals surface area (Å²) in [4.78, 5) is 2.38. The highest BCUT2D eigenvalue weighted by Crippen LogP contribution is 2.42. The van der Waals surface area contributed by atoms with Crippen LogP contribution in [0.1, 0.15) is 36.8 Å². The van der Waals surface area contributed by atoms with Gasteiger partial charge in [-0.3, -0.25) is 4.90 Å². The maximum absolute atomic E-state index is 5.72. The van der Waals surface area contributed by atoms with Gasteiger partial charge in [-0.15, -0.1) is 0 Å². The lowest BCUT2D eigenvalue weighted by atomic mass is 9.86. The number of nitrogens with two attached hydrogens (primary N) is 1. The number of benzene rings is 1. The van der Waals surface area contributed by atoms with Crippen molar-refractivity contribution in [3.05, 3.63) is 35.4 Å². The quantitative estimate of drug-likeness (QED) is 0.844. The largest absolute Gasteiger partial charge is 0.326 e. The third-order valence-corrected chi connectivity index (χ3v) is 3.99. The molecule has 0 aromatic heterocycles. The molecule has 2 rings (SSSR count). The van der Waals surface area contributed by atoms with Gasteiger partial charge in [-0.2, -0.15) is 0 Å². The van der Waals surface area contributed by atoms with E-state index in [2.05, 4.69) is 43.3 Å². The van der Waals surface area contributed by atoms with E-state index in [9.17, 15) is 0 Å². The molecular weight excluding hydrogens is 196 g/mol. The third-order valence-electron chi connectivity index (χ3n) is 3.99. The van der Waals surface area contributed by atoms with Gasteiger partial charge >= 0.3 is 0 Å². The average molecular weight is 218 g/mol. The molecule has 1 fully saturated rings. The molecule has 1 aromatic carbocycles. The molecule has 0 aliphatic heterocycles. The highest BCUT2D eigenvalue weighted by molar-refractivity contribution is 5.30. The second kappa shape index (κ2) is 4.56. The van der Waals surface area contributed by atoms with Gasteiger partial charge in [0, 0.05) is 12.1 Å². The number of nitrogens with zero attached hydrogens (tertiary/aromatic N) is 1. The fourth-order valence-electron chi connectivity index (χ4n) is 2.94. The molecule has 0 amide bonds. The SMILES string of the molecule is CN(C)C1(c2cccc(CN)c2)CCCC1. The number of rotatable bonds is 3. The molecular formula is C14H22N2. The van der Waals surface area contributed by atoms with Gasteiger partial charge in [0.15, 0.2) is 0 Å². The topological polar surface area (TPSA) is 29.3 Å². The zero-order chi connectivity index (χ0) is 11.6. The molecule has 0 bridgehead atoms. The van der Waals surface area contributed by atoms with E-state index in [4.69, 9.17) is 5.73 Å². The Morgan fingerprint density at radius 1 is 1.25 bits per heavy atom. The van der Waals surface area contributed by atoms with Crippen molar-refractivity contribution in [3.8, 4) is 0 Å². The normalized spacial score (nSPS) is 19.2. The van der Waals surface area contributed by atoms with Gasteiger partial charge in [-0.25, -0.2) is 0 Å². The van der Waals surface area contributed by atoms with Gasteiger partial charge in [0.2, 0.25) is 0 Å². The first-order valence-electron chi connectivity index (χ1n) is 6.16. The molecule has 0 atom stereocenters. The molecule has 1 aliphatic carbocycles. The zero-order valence-corrected chi connectivity index (χ0v) is 10.4. The second-order valence-electron chi connectivity index (χ2n) is 5.04. The lowest BCUT2D eigenvalue weighted by Crippen LogP contribution is -2.38. The van der Waals surface area contributed by atoms with Crippen molar-refractivity contribution in [2.45, 2.75) is 37.8 Å². The predicted octanol–water partition coefficient (Wildman–Crippen LogP) is 2.48. The van der Waals surface area contributed by atoms with Gasteiger partial charge in [-0.05, 0) is 38.1 Å². The van der Waals surface area contributed by atoms with E-state index in [-0.39, 0.29) is 5.54 Å². The fraction of sp³-hybridized carbons (Fsp3) is 0.571. The summed E-state index contributed by atoms with van der Waals surface area (Å²) in [6.45, 7) is 0.636. The zero-order valence-electron chi connectivity index (χ0n) is 10.4. The van der Waals surface area contributed by atoms with Crippen LogP contribution in [0.3, 0.4) is 0 Å². The van der Waals surface area contributed by atoms with E-state index >= 15 is 0 Å². The van der Waals surface area contributed by atoms with Crippen molar-refractivity contribution >= 4 is 0 Å². The van der Waals surface area contributed by atoms with Crippen molar-refractivity contribution in [2.24, 2.45) is 5.73 Å². The standard InChI is InChI=1S/C14H22N2/c1-16(2)14(8-3-4-9-14)13-7-5-6-12(10-13)11-15/h5-7,10H,3-4,8-9,11,15H2,1-2H3. The molecule has 1 aromatic rings. The van der Waals surface area contributed by atoms with Crippen LogP contribution in [0.2, 0.25) is 0 Å². The Labute approximate surface area is 98.4 Å². The molecule has 0 radical (unpaired) electrons. The maximum atomic E-state index is 5.72. The van der Waals surface area contributed by atoms with Gasteiger partial charge < -0.3 is 5.73 Å². The Balaban J connectivity index is 2.39. The summed E-state index contributed by atoms with van der Waals surface area (Å²) in [6.07, 6.45) is 5.22. The number of hydrogen-bond donors (Lipinski definition) is 1. The van der Waals surface area contributed by atoms with Crippen LogP contribution in [0.4, 0.5) is 0 Å². The molecule has 1 saturated carbocycles. The van der Waals surface area contributed by atoms with Crippen molar-refractivity contribution in [2.75, 3.05) is 14.1 Å². The highest BCUT2D eigenvalue weighted by Gasteiger charge is 2.37. The van der Waals surface area contributed by atoms with E-state index in [1.807, 2.05) is 0 Å². The highest BCUT2D eigenvalue weighted by atomic mass is 15.1. The third kappa shape index (κ3) is 1.87. The fourth-order valence-corrected chi connectivity index (χ4v) is 2.94. The lowest BCUT2D eigenvalue weighted by Gasteiger charge is -2.37. The summed E-state index contributed by atoms with van der Waals surface area (Å²) in [6, 6.07) is 8.79. The van der Waals surface area contributed by atoms with E-state index in [1.165, 1.54) is 36.8 Å². The van der Waals surface area contributed by atoms with Crippen molar-refractivity contribution in [1.29, 1.82) is 0 Å². The summed E-state index contributed by atoms with van der Waals surface area (Å²) >= 11 is 0. The molecule has 2 nitrogen and oxygen atoms in total. The van der Waals surface area contributed by atoms with Crippen LogP contribution in [0.25, 0.3) is 0 Å². The molecule has 0 heterocycles. The first-order chi connectivity index (χ1) is 7.69. The van der Waals surface area contributed by atoms with Gasteiger partial charge in [0.25, 0.3) is 0 Å². The van der Waals surface area contributed by atoms with Crippen LogP contribution in [0, 0.1) is 0 Å². The Hall–Kier alpha value is -0.860. The van der Waals surface area contributed by atoms with Gasteiger partial charge in [0.1, 0.15) is 0 Å². The Kier molecular flexibility index (Phi) is 3.31. The molecule has 88 valence electrons. The van der Waals surface area contributed by atoms with E-state index in [1.54, 1.807) is 0 Å². The molecule has 1 aliphatic rings. The minimum absolute atomic E-state index is 0.255. The summed E-state index contributed by atoms with van der Waals surface area (Å²) in [7, 11) is 4.39. The molecule has 2 N–H and O–H groups in total. The number of hydrogen-bond acceptors (Lipinski definition) is 2. The summed E-state index contributed by atoms with van der Waals surface area (Å²) in [5.74, 6) is 0. The van der Waals surface area contributed by atoms with Gasteiger partial charge in [-0.1, -0.05) is 37.1 Å². The maximum Gasteiger partial charge on any atom is 0.0454 e. The minimum atomic E-state index is 0.255. The predicted molar refractivity (Wildman–Crippen MR) is 68.2 cm³/mol. The first-order valence-corrected chi connectivity index (χ1v) is 6.16. The van der Waals surface area contributed by atoms with Crippen LogP contribution < -0.4 is 5.73 Å². The molecule has 0 saturated heterocycles. The second-order valence-corrected chi connectivity index (χ2v) is 5.04. The Bertz CT molecular complexity index is 352. The van der Waals surface area contributed by atoms with Gasteiger partial charge in [0.05, 0.1) is 0 Å². The summed E-state index contributed by atoms with van der Waals surface area (Å²) in [5, 5.41) is 0. The lowest BCUT2D eigenvalue weighted by molar-refractivity contribution is 0.158. The van der Waals surface area contributed by atoms with E-state index in [0.29, 0.717) is 6.54 Å². The molecule has 0 spiro atoms. The van der Waals surface area contributed by atoms with E-state index in [0.717, 1.165) is 0 Å². The van der Waals surface area contributed by atoms with Crippen LogP contribution >= 0.6 is 0 Å².